The third-order valence-corrected chi connectivity index (χ3v) is 2.89. The molecule has 0 saturated carbocycles. The largest absolute Gasteiger partial charge is 0.478 e. The zero-order valence-corrected chi connectivity index (χ0v) is 11.3. The van der Waals surface area contributed by atoms with Gasteiger partial charge in [-0.1, -0.05) is 11.6 Å². The Bertz CT molecular complexity index is 585. The number of rotatable bonds is 4. The molecule has 2 aromatic heterocycles. The normalized spacial score (nSPS) is 10.3. The van der Waals surface area contributed by atoms with E-state index in [1.165, 1.54) is 12.3 Å². The minimum Gasteiger partial charge on any atom is -0.478 e. The highest BCUT2D eigenvalue weighted by atomic mass is 79.9. The van der Waals surface area contributed by atoms with Crippen LogP contribution in [-0.2, 0) is 6.54 Å². The predicted octanol–water partition coefficient (Wildman–Crippen LogP) is 3.40. The molecule has 2 N–H and O–H groups in total. The average Bonchev–Trinajstić information content (AvgIpc) is 2.79. The molecule has 0 fully saturated rings. The van der Waals surface area contributed by atoms with Crippen LogP contribution in [0.1, 0.15) is 16.1 Å². The number of carboxylic acid groups (broad SMARTS) is 1. The molecule has 18 heavy (non-hydrogen) atoms. The number of halogens is 2. The van der Waals surface area contributed by atoms with Crippen molar-refractivity contribution in [1.29, 1.82) is 0 Å². The van der Waals surface area contributed by atoms with Crippen LogP contribution in [-0.4, -0.2) is 16.1 Å². The number of furan rings is 1. The molecule has 0 atom stereocenters. The molecule has 0 aliphatic rings. The minimum absolute atomic E-state index is 0.116. The minimum atomic E-state index is -1.02. The van der Waals surface area contributed by atoms with E-state index in [4.69, 9.17) is 21.1 Å². The summed E-state index contributed by atoms with van der Waals surface area (Å²) in [7, 11) is 0. The fourth-order valence-corrected chi connectivity index (χ4v) is 1.82. The van der Waals surface area contributed by atoms with Gasteiger partial charge in [0.15, 0.2) is 5.15 Å². The maximum Gasteiger partial charge on any atom is 0.338 e. The standard InChI is InChI=1S/C11H8BrClN2O3/c12-7-2-9(10(13)15-3-7)14-4-8-1-6(5-18-8)11(16)17/h1-3,5,14H,4H2,(H,16,17). The Hall–Kier alpha value is -1.53. The van der Waals surface area contributed by atoms with Gasteiger partial charge in [0.05, 0.1) is 17.8 Å². The number of nitrogens with zero attached hydrogens (tertiary/aromatic N) is 1. The smallest absolute Gasteiger partial charge is 0.338 e. The molecule has 94 valence electrons. The molecule has 2 rings (SSSR count). The van der Waals surface area contributed by atoms with Crippen LogP contribution in [0.25, 0.3) is 0 Å². The second-order valence-electron chi connectivity index (χ2n) is 3.45. The van der Waals surface area contributed by atoms with Crippen molar-refractivity contribution in [1.82, 2.24) is 4.98 Å². The van der Waals surface area contributed by atoms with E-state index in [-0.39, 0.29) is 5.56 Å². The quantitative estimate of drug-likeness (QED) is 0.840. The Morgan fingerprint density at radius 1 is 1.56 bits per heavy atom. The molecule has 0 aromatic carbocycles. The Kier molecular flexibility index (Phi) is 3.88. The Labute approximate surface area is 116 Å². The molecule has 5 nitrogen and oxygen atoms in total. The van der Waals surface area contributed by atoms with Gasteiger partial charge in [-0.2, -0.15) is 0 Å². The maximum atomic E-state index is 10.7. The van der Waals surface area contributed by atoms with E-state index in [1.807, 2.05) is 0 Å². The predicted molar refractivity (Wildman–Crippen MR) is 69.9 cm³/mol. The first-order valence-corrected chi connectivity index (χ1v) is 6.09. The highest BCUT2D eigenvalue weighted by molar-refractivity contribution is 9.10. The Morgan fingerprint density at radius 3 is 3.00 bits per heavy atom. The number of nitrogens with one attached hydrogen (secondary N) is 1. The third-order valence-electron chi connectivity index (χ3n) is 2.16. The number of aromatic carboxylic acids is 1. The van der Waals surface area contributed by atoms with E-state index in [1.54, 1.807) is 12.3 Å². The fraction of sp³-hybridized carbons (Fsp3) is 0.0909. The second-order valence-corrected chi connectivity index (χ2v) is 4.73. The van der Waals surface area contributed by atoms with E-state index in [9.17, 15) is 4.79 Å². The summed E-state index contributed by atoms with van der Waals surface area (Å²) >= 11 is 9.18. The number of hydrogen-bond acceptors (Lipinski definition) is 4. The second kappa shape index (κ2) is 5.41. The van der Waals surface area contributed by atoms with Crippen molar-refractivity contribution in [3.63, 3.8) is 0 Å². The van der Waals surface area contributed by atoms with Crippen LogP contribution >= 0.6 is 27.5 Å². The lowest BCUT2D eigenvalue weighted by atomic mass is 10.3. The highest BCUT2D eigenvalue weighted by Gasteiger charge is 2.09. The van der Waals surface area contributed by atoms with Crippen LogP contribution < -0.4 is 5.32 Å². The summed E-state index contributed by atoms with van der Waals surface area (Å²) < 4.78 is 5.89. The van der Waals surface area contributed by atoms with E-state index in [2.05, 4.69) is 26.2 Å². The topological polar surface area (TPSA) is 75.4 Å². The molecule has 0 saturated heterocycles. The number of anilines is 1. The van der Waals surface area contributed by atoms with Crippen LogP contribution in [0.2, 0.25) is 5.15 Å². The summed E-state index contributed by atoms with van der Waals surface area (Å²) in [6.07, 6.45) is 2.78. The van der Waals surface area contributed by atoms with Crippen LogP contribution in [0.4, 0.5) is 5.69 Å². The number of hydrogen-bond donors (Lipinski definition) is 2. The van der Waals surface area contributed by atoms with E-state index >= 15 is 0 Å². The number of carboxylic acids is 1. The molecule has 0 bridgehead atoms. The SMILES string of the molecule is O=C(O)c1coc(CNc2cc(Br)cnc2Cl)c1. The van der Waals surface area contributed by atoms with Crippen molar-refractivity contribution < 1.29 is 14.3 Å². The maximum absolute atomic E-state index is 10.7. The van der Waals surface area contributed by atoms with Crippen LogP contribution in [0.15, 0.2) is 33.5 Å². The van der Waals surface area contributed by atoms with Crippen molar-refractivity contribution in [2.75, 3.05) is 5.32 Å². The van der Waals surface area contributed by atoms with Gasteiger partial charge >= 0.3 is 5.97 Å². The molecule has 0 spiro atoms. The van der Waals surface area contributed by atoms with Gasteiger partial charge in [0.2, 0.25) is 0 Å². The summed E-state index contributed by atoms with van der Waals surface area (Å²) in [5, 5.41) is 12.1. The van der Waals surface area contributed by atoms with Gasteiger partial charge in [0.1, 0.15) is 12.0 Å². The molecule has 0 aliphatic heterocycles. The van der Waals surface area contributed by atoms with Crippen LogP contribution in [0.3, 0.4) is 0 Å². The van der Waals surface area contributed by atoms with E-state index in [0.717, 1.165) is 4.47 Å². The van der Waals surface area contributed by atoms with Crippen LogP contribution in [0.5, 0.6) is 0 Å². The van der Waals surface area contributed by atoms with E-state index < -0.39 is 5.97 Å². The van der Waals surface area contributed by atoms with Gasteiger partial charge in [-0.15, -0.1) is 0 Å². The molecule has 0 unspecified atom stereocenters. The van der Waals surface area contributed by atoms with Crippen molar-refractivity contribution in [3.05, 3.63) is 45.5 Å². The van der Waals surface area contributed by atoms with Gasteiger partial charge in [-0.25, -0.2) is 9.78 Å². The van der Waals surface area contributed by atoms with Gasteiger partial charge < -0.3 is 14.8 Å². The fourth-order valence-electron chi connectivity index (χ4n) is 1.31. The molecule has 0 radical (unpaired) electrons. The van der Waals surface area contributed by atoms with Crippen molar-refractivity contribution in [2.45, 2.75) is 6.54 Å². The summed E-state index contributed by atoms with van der Waals surface area (Å²) in [6, 6.07) is 3.23. The van der Waals surface area contributed by atoms with Crippen molar-refractivity contribution >= 4 is 39.2 Å². The summed E-state index contributed by atoms with van der Waals surface area (Å²) in [4.78, 5) is 14.6. The van der Waals surface area contributed by atoms with Gasteiger partial charge in [0, 0.05) is 10.7 Å². The van der Waals surface area contributed by atoms with E-state index in [0.29, 0.717) is 23.1 Å². The number of aromatic nitrogens is 1. The van der Waals surface area contributed by atoms with Gasteiger partial charge in [-0.3, -0.25) is 0 Å². The Morgan fingerprint density at radius 2 is 2.33 bits per heavy atom. The number of carbonyl (C=O) groups is 1. The molecule has 0 amide bonds. The molecule has 7 heteroatoms. The highest BCUT2D eigenvalue weighted by Crippen LogP contribution is 2.23. The number of pyridine rings is 1. The average molecular weight is 332 g/mol. The summed E-state index contributed by atoms with van der Waals surface area (Å²) in [5.74, 6) is -0.518. The van der Waals surface area contributed by atoms with Crippen molar-refractivity contribution in [2.24, 2.45) is 0 Å². The van der Waals surface area contributed by atoms with Crippen molar-refractivity contribution in [3.8, 4) is 0 Å². The summed E-state index contributed by atoms with van der Waals surface area (Å²) in [5.41, 5.74) is 0.754. The van der Waals surface area contributed by atoms with Crippen LogP contribution in [0, 0.1) is 0 Å². The summed E-state index contributed by atoms with van der Waals surface area (Å²) in [6.45, 7) is 0.325. The molecule has 2 heterocycles. The first kappa shape index (κ1) is 12.9. The lowest BCUT2D eigenvalue weighted by Gasteiger charge is -2.06. The van der Waals surface area contributed by atoms with Gasteiger partial charge in [0.25, 0.3) is 0 Å². The lowest BCUT2D eigenvalue weighted by Crippen LogP contribution is -2.00. The molecule has 2 aromatic rings. The molecule has 0 aliphatic carbocycles. The monoisotopic (exact) mass is 330 g/mol. The first-order valence-electron chi connectivity index (χ1n) is 4.92. The first-order chi connectivity index (χ1) is 8.56. The zero-order valence-electron chi connectivity index (χ0n) is 8.98. The zero-order chi connectivity index (χ0) is 13.1. The third kappa shape index (κ3) is 3.02. The molecular weight excluding hydrogens is 323 g/mol. The molecular formula is C11H8BrClN2O3. The lowest BCUT2D eigenvalue weighted by molar-refractivity contribution is 0.0696. The van der Waals surface area contributed by atoms with Gasteiger partial charge in [-0.05, 0) is 28.1 Å². The Balaban J connectivity index is 2.06.